The predicted molar refractivity (Wildman–Crippen MR) is 61.7 cm³/mol. The minimum absolute atomic E-state index is 0.181. The molecule has 8 heteroatoms. The third kappa shape index (κ3) is 2.06. The Kier molecular flexibility index (Phi) is 2.71. The first-order valence-electron chi connectivity index (χ1n) is 5.46. The third-order valence-corrected chi connectivity index (χ3v) is 3.52. The van der Waals surface area contributed by atoms with Gasteiger partial charge >= 0.3 is 5.97 Å². The van der Waals surface area contributed by atoms with E-state index in [-0.39, 0.29) is 11.5 Å². The molecule has 1 saturated carbocycles. The van der Waals surface area contributed by atoms with Gasteiger partial charge in [0.15, 0.2) is 10.7 Å². The highest BCUT2D eigenvalue weighted by atomic mass is 32.1. The van der Waals surface area contributed by atoms with Crippen molar-refractivity contribution in [2.45, 2.75) is 25.5 Å². The van der Waals surface area contributed by atoms with Crippen LogP contribution in [-0.2, 0) is 6.61 Å². The molecule has 0 amide bonds. The Morgan fingerprint density at radius 3 is 3.17 bits per heavy atom. The molecule has 7 nitrogen and oxygen atoms in total. The van der Waals surface area contributed by atoms with Crippen LogP contribution in [0.1, 0.15) is 34.4 Å². The van der Waals surface area contributed by atoms with Crippen molar-refractivity contribution in [3.05, 3.63) is 22.1 Å². The molecular formula is C10H10N4O3S. The molecule has 1 fully saturated rings. The van der Waals surface area contributed by atoms with Crippen LogP contribution >= 0.6 is 11.3 Å². The van der Waals surface area contributed by atoms with Gasteiger partial charge in [-0.3, -0.25) is 0 Å². The predicted octanol–water partition coefficient (Wildman–Crippen LogP) is 1.35. The van der Waals surface area contributed by atoms with Gasteiger partial charge in [-0.2, -0.15) is 0 Å². The van der Waals surface area contributed by atoms with Crippen LogP contribution in [0, 0.1) is 0 Å². The number of carboxylic acids is 1. The second-order valence-corrected chi connectivity index (χ2v) is 4.89. The maximum atomic E-state index is 10.9. The van der Waals surface area contributed by atoms with Crippen LogP contribution in [0.2, 0.25) is 0 Å². The summed E-state index contributed by atoms with van der Waals surface area (Å²) in [5.74, 6) is -0.000305. The van der Waals surface area contributed by atoms with Crippen molar-refractivity contribution in [2.24, 2.45) is 0 Å². The first-order valence-corrected chi connectivity index (χ1v) is 6.34. The fraction of sp³-hybridized carbons (Fsp3) is 0.400. The number of ether oxygens (including phenoxy) is 1. The normalized spacial score (nSPS) is 14.7. The topological polar surface area (TPSA) is 90.1 Å². The van der Waals surface area contributed by atoms with Crippen molar-refractivity contribution in [3.8, 4) is 5.75 Å². The summed E-state index contributed by atoms with van der Waals surface area (Å²) in [6, 6.07) is 2.01. The van der Waals surface area contributed by atoms with E-state index in [1.807, 2.05) is 0 Å². The zero-order chi connectivity index (χ0) is 12.5. The maximum Gasteiger partial charge on any atom is 0.349 e. The van der Waals surface area contributed by atoms with E-state index in [0.717, 1.165) is 24.2 Å². The lowest BCUT2D eigenvalue weighted by Crippen LogP contribution is -2.08. The van der Waals surface area contributed by atoms with Gasteiger partial charge in [0, 0.05) is 0 Å². The van der Waals surface area contributed by atoms with Crippen molar-refractivity contribution in [1.29, 1.82) is 0 Å². The monoisotopic (exact) mass is 266 g/mol. The smallest absolute Gasteiger partial charge is 0.349 e. The zero-order valence-corrected chi connectivity index (χ0v) is 10.1. The van der Waals surface area contributed by atoms with Gasteiger partial charge in [-0.15, -0.1) is 16.4 Å². The standard InChI is InChI=1S/C10H10N4O3S/c15-10(16)9-7(3-4-18-9)17-5-8-11-12-13-14(8)6-1-2-6/h3-4,6H,1-2,5H2,(H,15,16). The number of carboxylic acid groups (broad SMARTS) is 1. The zero-order valence-electron chi connectivity index (χ0n) is 9.31. The van der Waals surface area contributed by atoms with Gasteiger partial charge in [-0.05, 0) is 34.7 Å². The molecule has 2 heterocycles. The highest BCUT2D eigenvalue weighted by molar-refractivity contribution is 7.12. The van der Waals surface area contributed by atoms with Crippen LogP contribution in [0.3, 0.4) is 0 Å². The van der Waals surface area contributed by atoms with E-state index in [4.69, 9.17) is 9.84 Å². The van der Waals surface area contributed by atoms with E-state index < -0.39 is 5.97 Å². The van der Waals surface area contributed by atoms with E-state index in [9.17, 15) is 4.79 Å². The fourth-order valence-electron chi connectivity index (χ4n) is 1.62. The van der Waals surface area contributed by atoms with Gasteiger partial charge in [0.2, 0.25) is 0 Å². The third-order valence-electron chi connectivity index (χ3n) is 2.63. The molecule has 0 bridgehead atoms. The summed E-state index contributed by atoms with van der Waals surface area (Å²) >= 11 is 1.13. The molecule has 1 aliphatic rings. The van der Waals surface area contributed by atoms with E-state index in [2.05, 4.69) is 15.5 Å². The minimum Gasteiger partial charge on any atom is -0.484 e. The largest absolute Gasteiger partial charge is 0.484 e. The van der Waals surface area contributed by atoms with Crippen LogP contribution < -0.4 is 4.74 Å². The summed E-state index contributed by atoms with van der Waals surface area (Å²) in [5.41, 5.74) is 0. The number of rotatable bonds is 5. The summed E-state index contributed by atoms with van der Waals surface area (Å²) in [7, 11) is 0. The van der Waals surface area contributed by atoms with Crippen LogP contribution in [0.4, 0.5) is 0 Å². The Hall–Kier alpha value is -1.96. The molecule has 18 heavy (non-hydrogen) atoms. The van der Waals surface area contributed by atoms with Gasteiger partial charge < -0.3 is 9.84 Å². The van der Waals surface area contributed by atoms with Crippen LogP contribution in [0.5, 0.6) is 5.75 Å². The van der Waals surface area contributed by atoms with E-state index in [1.54, 1.807) is 16.1 Å². The average molecular weight is 266 g/mol. The molecule has 2 aromatic rings. The molecule has 3 rings (SSSR count). The minimum atomic E-state index is -0.984. The van der Waals surface area contributed by atoms with Crippen LogP contribution in [0.15, 0.2) is 11.4 Å². The number of carbonyl (C=O) groups is 1. The molecular weight excluding hydrogens is 256 g/mol. The first kappa shape index (κ1) is 11.1. The Morgan fingerprint density at radius 1 is 1.61 bits per heavy atom. The molecule has 0 aromatic carbocycles. The summed E-state index contributed by atoms with van der Waals surface area (Å²) in [4.78, 5) is 11.1. The lowest BCUT2D eigenvalue weighted by molar-refractivity contribution is 0.0697. The second-order valence-electron chi connectivity index (χ2n) is 3.98. The van der Waals surface area contributed by atoms with E-state index in [0.29, 0.717) is 17.6 Å². The number of hydrogen-bond acceptors (Lipinski definition) is 6. The molecule has 0 atom stereocenters. The van der Waals surface area contributed by atoms with E-state index in [1.165, 1.54) is 0 Å². The molecule has 2 aromatic heterocycles. The molecule has 0 radical (unpaired) electrons. The fourth-order valence-corrected chi connectivity index (χ4v) is 2.29. The Labute approximate surface area is 106 Å². The summed E-state index contributed by atoms with van der Waals surface area (Å²) in [5, 5.41) is 22.0. The van der Waals surface area contributed by atoms with Gasteiger partial charge in [0.25, 0.3) is 0 Å². The average Bonchev–Trinajstić information content (AvgIpc) is 2.92. The van der Waals surface area contributed by atoms with Crippen molar-refractivity contribution in [1.82, 2.24) is 20.2 Å². The number of tetrazole rings is 1. The second kappa shape index (κ2) is 4.37. The number of hydrogen-bond donors (Lipinski definition) is 1. The lowest BCUT2D eigenvalue weighted by Gasteiger charge is -2.05. The maximum absolute atomic E-state index is 10.9. The lowest BCUT2D eigenvalue weighted by atomic mass is 10.4. The highest BCUT2D eigenvalue weighted by Gasteiger charge is 2.28. The van der Waals surface area contributed by atoms with E-state index >= 15 is 0 Å². The summed E-state index contributed by atoms with van der Waals surface area (Å²) < 4.78 is 7.21. The van der Waals surface area contributed by atoms with Crippen molar-refractivity contribution in [2.75, 3.05) is 0 Å². The molecule has 1 N–H and O–H groups in total. The van der Waals surface area contributed by atoms with Crippen molar-refractivity contribution >= 4 is 17.3 Å². The van der Waals surface area contributed by atoms with Crippen LogP contribution in [-0.4, -0.2) is 31.3 Å². The van der Waals surface area contributed by atoms with Gasteiger partial charge in [-0.1, -0.05) is 0 Å². The number of nitrogens with zero attached hydrogens (tertiary/aromatic N) is 4. The number of thiophene rings is 1. The van der Waals surface area contributed by atoms with Gasteiger partial charge in [-0.25, -0.2) is 9.48 Å². The highest BCUT2D eigenvalue weighted by Crippen LogP contribution is 2.34. The Morgan fingerprint density at radius 2 is 2.44 bits per heavy atom. The molecule has 0 unspecified atom stereocenters. The SMILES string of the molecule is O=C(O)c1sccc1OCc1nnnn1C1CC1. The Bertz CT molecular complexity index is 575. The van der Waals surface area contributed by atoms with Crippen molar-refractivity contribution in [3.63, 3.8) is 0 Å². The quantitative estimate of drug-likeness (QED) is 0.878. The summed E-state index contributed by atoms with van der Waals surface area (Å²) in [6.07, 6.45) is 2.16. The van der Waals surface area contributed by atoms with Crippen molar-refractivity contribution < 1.29 is 14.6 Å². The first-order chi connectivity index (χ1) is 8.75. The van der Waals surface area contributed by atoms with Gasteiger partial charge in [0.1, 0.15) is 12.4 Å². The molecule has 0 spiro atoms. The molecule has 94 valence electrons. The molecule has 0 aliphatic heterocycles. The number of aromatic nitrogens is 4. The number of aromatic carboxylic acids is 1. The molecule has 0 saturated heterocycles. The van der Waals surface area contributed by atoms with Crippen LogP contribution in [0.25, 0.3) is 0 Å². The van der Waals surface area contributed by atoms with Gasteiger partial charge in [0.05, 0.1) is 6.04 Å². The Balaban J connectivity index is 1.72. The summed E-state index contributed by atoms with van der Waals surface area (Å²) in [6.45, 7) is 0.181. The molecule has 1 aliphatic carbocycles.